The Balaban J connectivity index is 1.59. The van der Waals surface area contributed by atoms with Crippen LogP contribution in [0.5, 0.6) is 0 Å². The van der Waals surface area contributed by atoms with Gasteiger partial charge in [0.1, 0.15) is 5.82 Å². The van der Waals surface area contributed by atoms with Crippen LogP contribution in [0.3, 0.4) is 0 Å². The summed E-state index contributed by atoms with van der Waals surface area (Å²) in [4.78, 5) is 36.0. The summed E-state index contributed by atoms with van der Waals surface area (Å²) in [6.45, 7) is 5.02. The van der Waals surface area contributed by atoms with Gasteiger partial charge in [-0.1, -0.05) is 11.6 Å². The third kappa shape index (κ3) is 3.79. The molecule has 0 bridgehead atoms. The maximum absolute atomic E-state index is 12.9. The first-order valence-corrected chi connectivity index (χ1v) is 11.7. The van der Waals surface area contributed by atoms with Crippen LogP contribution in [0.15, 0.2) is 41.5 Å². The van der Waals surface area contributed by atoms with Crippen molar-refractivity contribution in [3.05, 3.63) is 57.5 Å². The van der Waals surface area contributed by atoms with Gasteiger partial charge in [-0.2, -0.15) is 0 Å². The number of hydrogen-bond donors (Lipinski definition) is 0. The summed E-state index contributed by atoms with van der Waals surface area (Å²) in [6, 6.07) is 8.58. The summed E-state index contributed by atoms with van der Waals surface area (Å²) >= 11 is 6.63. The molecule has 0 radical (unpaired) electrons. The summed E-state index contributed by atoms with van der Waals surface area (Å²) in [5, 5.41) is 0.963. The number of fused-ring (bicyclic) bond motifs is 1. The van der Waals surface area contributed by atoms with Crippen LogP contribution in [0.1, 0.15) is 30.1 Å². The van der Waals surface area contributed by atoms with E-state index in [9.17, 15) is 9.59 Å². The Morgan fingerprint density at radius 2 is 2.00 bits per heavy atom. The molecule has 1 atom stereocenters. The maximum atomic E-state index is 12.9. The number of likely N-dealkylation sites (N-methyl/N-ethyl adjacent to an activating group) is 1. The van der Waals surface area contributed by atoms with Crippen molar-refractivity contribution in [1.82, 2.24) is 14.5 Å². The monoisotopic (exact) mass is 465 g/mol. The molecule has 4 heterocycles. The van der Waals surface area contributed by atoms with Crippen molar-refractivity contribution in [2.75, 3.05) is 43.5 Å². The van der Waals surface area contributed by atoms with Crippen LogP contribution in [0.2, 0.25) is 5.02 Å². The molecule has 0 unspecified atom stereocenters. The molecule has 5 rings (SSSR count). The van der Waals surface area contributed by atoms with Gasteiger partial charge in [-0.15, -0.1) is 0 Å². The Bertz CT molecular complexity index is 1260. The number of aldehydes is 1. The standard InChI is InChI=1S/C25H28ClN5O2/c1-16-5-4-8-30(16)23-10-22-20(9-21(23)26)25(33)17(15-32)12-31(22)18-6-7-24(27-11-18)29-13-19(14-29)28(2)3/h6-7,9-12,15-16,19H,4-5,8,13-14H2,1-3H3/t16-/m0/s1. The fraction of sp³-hybridized carbons (Fsp3) is 0.400. The molecule has 0 amide bonds. The van der Waals surface area contributed by atoms with Crippen molar-refractivity contribution in [2.24, 2.45) is 0 Å². The van der Waals surface area contributed by atoms with Crippen molar-refractivity contribution in [3.63, 3.8) is 0 Å². The first-order chi connectivity index (χ1) is 15.9. The van der Waals surface area contributed by atoms with Crippen LogP contribution in [0.4, 0.5) is 11.5 Å². The SMILES string of the molecule is C[C@H]1CCCN1c1cc2c(cc1Cl)c(=O)c(C=O)cn2-c1ccc(N2CC(N(C)C)C2)nc1. The van der Waals surface area contributed by atoms with Gasteiger partial charge in [0.2, 0.25) is 0 Å². The molecular weight excluding hydrogens is 438 g/mol. The number of benzene rings is 1. The Morgan fingerprint density at radius 1 is 1.21 bits per heavy atom. The van der Waals surface area contributed by atoms with E-state index in [1.807, 2.05) is 22.8 Å². The Labute approximate surface area is 198 Å². The molecule has 2 aliphatic rings. The minimum Gasteiger partial charge on any atom is -0.368 e. The summed E-state index contributed by atoms with van der Waals surface area (Å²) in [5.74, 6) is 0.924. The molecule has 2 fully saturated rings. The normalized spacial score (nSPS) is 18.9. The summed E-state index contributed by atoms with van der Waals surface area (Å²) in [6.07, 6.45) is 6.23. The Kier molecular flexibility index (Phi) is 5.62. The van der Waals surface area contributed by atoms with E-state index in [0.717, 1.165) is 55.2 Å². The lowest BCUT2D eigenvalue weighted by molar-refractivity contribution is 0.112. The minimum absolute atomic E-state index is 0.0986. The first-order valence-electron chi connectivity index (χ1n) is 11.4. The van der Waals surface area contributed by atoms with Crippen molar-refractivity contribution in [3.8, 4) is 5.69 Å². The number of carbonyl (C=O) groups is 1. The Hall–Kier alpha value is -2.90. The van der Waals surface area contributed by atoms with Gasteiger partial charge in [0.15, 0.2) is 11.7 Å². The van der Waals surface area contributed by atoms with Crippen LogP contribution in [-0.4, -0.2) is 66.6 Å². The lowest BCUT2D eigenvalue weighted by Gasteiger charge is -2.43. The number of hydrogen-bond acceptors (Lipinski definition) is 6. The average molecular weight is 466 g/mol. The molecule has 1 aromatic carbocycles. The van der Waals surface area contributed by atoms with Crippen LogP contribution in [0, 0.1) is 0 Å². The Morgan fingerprint density at radius 3 is 2.61 bits per heavy atom. The van der Waals surface area contributed by atoms with Gasteiger partial charge in [-0.25, -0.2) is 4.98 Å². The zero-order valence-electron chi connectivity index (χ0n) is 19.2. The van der Waals surface area contributed by atoms with Crippen molar-refractivity contribution in [1.29, 1.82) is 0 Å². The molecule has 3 aromatic rings. The van der Waals surface area contributed by atoms with E-state index in [-0.39, 0.29) is 11.0 Å². The van der Waals surface area contributed by atoms with E-state index >= 15 is 0 Å². The molecule has 0 saturated carbocycles. The first kappa shape index (κ1) is 21.9. The predicted molar refractivity (Wildman–Crippen MR) is 133 cm³/mol. The fourth-order valence-electron chi connectivity index (χ4n) is 4.84. The van der Waals surface area contributed by atoms with Gasteiger partial charge in [0.25, 0.3) is 0 Å². The highest BCUT2D eigenvalue weighted by molar-refractivity contribution is 6.34. The number of carbonyl (C=O) groups excluding carboxylic acids is 1. The molecule has 33 heavy (non-hydrogen) atoms. The van der Waals surface area contributed by atoms with Crippen molar-refractivity contribution >= 4 is 40.3 Å². The fourth-order valence-corrected chi connectivity index (χ4v) is 5.11. The van der Waals surface area contributed by atoms with E-state index in [1.165, 1.54) is 0 Å². The van der Waals surface area contributed by atoms with E-state index in [2.05, 4.69) is 40.7 Å². The third-order valence-electron chi connectivity index (χ3n) is 7.02. The molecule has 0 N–H and O–H groups in total. The second kappa shape index (κ2) is 8.47. The van der Waals surface area contributed by atoms with E-state index in [0.29, 0.717) is 28.8 Å². The van der Waals surface area contributed by atoms with Crippen LogP contribution in [0.25, 0.3) is 16.6 Å². The number of anilines is 2. The van der Waals surface area contributed by atoms with Crippen LogP contribution in [-0.2, 0) is 0 Å². The molecule has 8 heteroatoms. The molecule has 172 valence electrons. The summed E-state index contributed by atoms with van der Waals surface area (Å²) < 4.78 is 1.87. The highest BCUT2D eigenvalue weighted by Crippen LogP contribution is 2.35. The third-order valence-corrected chi connectivity index (χ3v) is 7.32. The quantitative estimate of drug-likeness (QED) is 0.537. The van der Waals surface area contributed by atoms with Gasteiger partial charge >= 0.3 is 0 Å². The molecular formula is C25H28ClN5O2. The summed E-state index contributed by atoms with van der Waals surface area (Å²) in [7, 11) is 4.18. The number of aromatic nitrogens is 2. The summed E-state index contributed by atoms with van der Waals surface area (Å²) in [5.41, 5.74) is 2.22. The zero-order chi connectivity index (χ0) is 23.3. The smallest absolute Gasteiger partial charge is 0.199 e. The van der Waals surface area contributed by atoms with E-state index < -0.39 is 0 Å². The maximum Gasteiger partial charge on any atom is 0.199 e. The second-order valence-corrected chi connectivity index (χ2v) is 9.71. The number of nitrogens with zero attached hydrogens (tertiary/aromatic N) is 5. The molecule has 0 spiro atoms. The van der Waals surface area contributed by atoms with Crippen LogP contribution < -0.4 is 15.2 Å². The van der Waals surface area contributed by atoms with Gasteiger partial charge in [0.05, 0.1) is 33.7 Å². The average Bonchev–Trinajstić information content (AvgIpc) is 3.19. The van der Waals surface area contributed by atoms with Gasteiger partial charge in [-0.05, 0) is 58.1 Å². The molecule has 2 aromatic heterocycles. The molecule has 2 aliphatic heterocycles. The van der Waals surface area contributed by atoms with E-state index in [4.69, 9.17) is 11.6 Å². The highest BCUT2D eigenvalue weighted by atomic mass is 35.5. The molecule has 2 saturated heterocycles. The van der Waals surface area contributed by atoms with Crippen LogP contribution >= 0.6 is 11.6 Å². The predicted octanol–water partition coefficient (Wildman–Crippen LogP) is 3.59. The molecule has 0 aliphatic carbocycles. The minimum atomic E-state index is -0.306. The lowest BCUT2D eigenvalue weighted by Crippen LogP contribution is -2.57. The van der Waals surface area contributed by atoms with Gasteiger partial charge in [0, 0.05) is 43.3 Å². The number of pyridine rings is 2. The topological polar surface area (TPSA) is 61.7 Å². The number of rotatable bonds is 5. The van der Waals surface area contributed by atoms with E-state index in [1.54, 1.807) is 18.5 Å². The largest absolute Gasteiger partial charge is 0.368 e. The second-order valence-electron chi connectivity index (χ2n) is 9.30. The zero-order valence-corrected chi connectivity index (χ0v) is 19.9. The highest BCUT2D eigenvalue weighted by Gasteiger charge is 2.29. The van der Waals surface area contributed by atoms with Crippen molar-refractivity contribution in [2.45, 2.75) is 31.8 Å². The van der Waals surface area contributed by atoms with Gasteiger partial charge in [-0.3, -0.25) is 9.59 Å². The number of halogens is 1. The van der Waals surface area contributed by atoms with Crippen molar-refractivity contribution < 1.29 is 4.79 Å². The lowest BCUT2D eigenvalue weighted by atomic mass is 10.1. The van der Waals surface area contributed by atoms with Gasteiger partial charge < -0.3 is 19.3 Å². The molecule has 7 nitrogen and oxygen atoms in total.